The van der Waals surface area contributed by atoms with Crippen molar-refractivity contribution in [1.82, 2.24) is 14.3 Å². The van der Waals surface area contributed by atoms with Gasteiger partial charge in [0.2, 0.25) is 0 Å². The highest BCUT2D eigenvalue weighted by molar-refractivity contribution is 9.09. The van der Waals surface area contributed by atoms with Gasteiger partial charge in [0.05, 0.1) is 0 Å². The Bertz CT molecular complexity index is 589. The zero-order valence-corrected chi connectivity index (χ0v) is 15.3. The fourth-order valence-electron chi connectivity index (χ4n) is 2.84. The molecule has 2 rings (SSSR count). The molecule has 1 heterocycles. The Labute approximate surface area is 135 Å². The lowest BCUT2D eigenvalue weighted by atomic mass is 9.79. The van der Waals surface area contributed by atoms with Gasteiger partial charge >= 0.3 is 0 Å². The summed E-state index contributed by atoms with van der Waals surface area (Å²) in [6.07, 6.45) is 5.45. The van der Waals surface area contributed by atoms with E-state index in [1.54, 1.807) is 6.20 Å². The lowest BCUT2D eigenvalue weighted by molar-refractivity contribution is 0.249. The number of hydrogen-bond acceptors (Lipinski definition) is 3. The van der Waals surface area contributed by atoms with Crippen LogP contribution in [-0.2, 0) is 16.6 Å². The number of sulfonamides is 1. The minimum atomic E-state index is -3.57. The number of halogens is 1. The van der Waals surface area contributed by atoms with E-state index in [9.17, 15) is 8.42 Å². The van der Waals surface area contributed by atoms with E-state index in [-0.39, 0.29) is 10.6 Å². The smallest absolute Gasteiger partial charge is 0.260 e. The second-order valence-electron chi connectivity index (χ2n) is 6.11. The van der Waals surface area contributed by atoms with Crippen LogP contribution in [0, 0.1) is 12.8 Å². The number of aryl methyl sites for hydroxylation is 2. The van der Waals surface area contributed by atoms with Gasteiger partial charge < -0.3 is 4.57 Å². The molecule has 1 fully saturated rings. The Morgan fingerprint density at radius 2 is 2.10 bits per heavy atom. The summed E-state index contributed by atoms with van der Waals surface area (Å²) in [4.78, 5) is 4.20. The number of imidazole rings is 1. The van der Waals surface area contributed by atoms with Crippen molar-refractivity contribution >= 4 is 26.0 Å². The molecule has 0 unspecified atom stereocenters. The van der Waals surface area contributed by atoms with E-state index in [0.717, 1.165) is 38.1 Å². The molecule has 0 aliphatic heterocycles. The minimum Gasteiger partial charge on any atom is -0.334 e. The van der Waals surface area contributed by atoms with Crippen molar-refractivity contribution in [2.24, 2.45) is 5.92 Å². The van der Waals surface area contributed by atoms with E-state index in [1.807, 2.05) is 18.4 Å². The molecule has 0 aromatic carbocycles. The molecule has 120 valence electrons. The predicted octanol–water partition coefficient (Wildman–Crippen LogP) is 2.83. The number of aromatic nitrogens is 2. The van der Waals surface area contributed by atoms with Crippen molar-refractivity contribution in [2.45, 2.75) is 63.6 Å². The summed E-state index contributed by atoms with van der Waals surface area (Å²) >= 11 is 3.49. The molecule has 1 aliphatic rings. The molecule has 1 aromatic heterocycles. The Balaban J connectivity index is 2.22. The Hall–Kier alpha value is -0.400. The van der Waals surface area contributed by atoms with Crippen LogP contribution in [0.2, 0.25) is 0 Å². The normalized spacial score (nSPS) is 27.0. The molecule has 1 aliphatic carbocycles. The van der Waals surface area contributed by atoms with E-state index >= 15 is 0 Å². The summed E-state index contributed by atoms with van der Waals surface area (Å²) < 4.78 is 30.0. The maximum absolute atomic E-state index is 12.6. The first-order chi connectivity index (χ1) is 9.82. The molecular formula is C14H24BrN3O2S. The standard InChI is InChI=1S/C14H24BrN3O2S/c1-4-18-9-13(16-12(18)3)21(19,20)17-14(10-15)7-5-11(2)6-8-14/h9,11,17H,4-8,10H2,1-3H3. The monoisotopic (exact) mass is 377 g/mol. The average Bonchev–Trinajstić information content (AvgIpc) is 2.83. The molecule has 0 atom stereocenters. The third-order valence-electron chi connectivity index (χ3n) is 4.41. The molecular weight excluding hydrogens is 354 g/mol. The van der Waals surface area contributed by atoms with Gasteiger partial charge in [-0.1, -0.05) is 22.9 Å². The summed E-state index contributed by atoms with van der Waals surface area (Å²) in [5, 5.41) is 0.764. The highest BCUT2D eigenvalue weighted by Gasteiger charge is 2.38. The van der Waals surface area contributed by atoms with Gasteiger partial charge in [0.25, 0.3) is 10.0 Å². The van der Waals surface area contributed by atoms with Gasteiger partial charge in [0.15, 0.2) is 5.03 Å². The first kappa shape index (κ1) is 17.0. The number of hydrogen-bond donors (Lipinski definition) is 1. The minimum absolute atomic E-state index is 0.126. The Kier molecular flexibility index (Phi) is 5.15. The van der Waals surface area contributed by atoms with Gasteiger partial charge in [-0.05, 0) is 45.4 Å². The largest absolute Gasteiger partial charge is 0.334 e. The van der Waals surface area contributed by atoms with Crippen LogP contribution >= 0.6 is 15.9 Å². The van der Waals surface area contributed by atoms with Gasteiger partial charge in [-0.25, -0.2) is 18.1 Å². The number of rotatable bonds is 5. The second-order valence-corrected chi connectivity index (χ2v) is 8.30. The van der Waals surface area contributed by atoms with E-state index < -0.39 is 10.0 Å². The highest BCUT2D eigenvalue weighted by atomic mass is 79.9. The molecule has 1 saturated carbocycles. The van der Waals surface area contributed by atoms with Crippen LogP contribution in [0.4, 0.5) is 0 Å². The third kappa shape index (κ3) is 3.68. The predicted molar refractivity (Wildman–Crippen MR) is 87.1 cm³/mol. The molecule has 0 bridgehead atoms. The summed E-state index contributed by atoms with van der Waals surface area (Å²) in [6.45, 7) is 6.74. The van der Waals surface area contributed by atoms with Crippen molar-refractivity contribution in [3.63, 3.8) is 0 Å². The van der Waals surface area contributed by atoms with Gasteiger partial charge in [-0.15, -0.1) is 0 Å². The zero-order chi connectivity index (χ0) is 15.7. The topological polar surface area (TPSA) is 64.0 Å². The first-order valence-electron chi connectivity index (χ1n) is 7.45. The summed E-state index contributed by atoms with van der Waals surface area (Å²) in [5.74, 6) is 1.39. The molecule has 5 nitrogen and oxygen atoms in total. The maximum Gasteiger partial charge on any atom is 0.260 e. The first-order valence-corrected chi connectivity index (χ1v) is 10.1. The van der Waals surface area contributed by atoms with Crippen molar-refractivity contribution in [3.05, 3.63) is 12.0 Å². The zero-order valence-electron chi connectivity index (χ0n) is 12.9. The molecule has 7 heteroatoms. The van der Waals surface area contributed by atoms with Crippen LogP contribution in [0.25, 0.3) is 0 Å². The SMILES string of the molecule is CCn1cc(S(=O)(=O)NC2(CBr)CCC(C)CC2)nc1C. The van der Waals surface area contributed by atoms with Crippen molar-refractivity contribution in [1.29, 1.82) is 0 Å². The molecule has 1 N–H and O–H groups in total. The fourth-order valence-corrected chi connectivity index (χ4v) is 5.20. The van der Waals surface area contributed by atoms with Crippen molar-refractivity contribution < 1.29 is 8.42 Å². The van der Waals surface area contributed by atoms with Crippen LogP contribution in [0.1, 0.15) is 45.4 Å². The van der Waals surface area contributed by atoms with Crippen LogP contribution in [-0.4, -0.2) is 28.8 Å². The van der Waals surface area contributed by atoms with E-state index in [0.29, 0.717) is 11.2 Å². The quantitative estimate of drug-likeness (QED) is 0.802. The lowest BCUT2D eigenvalue weighted by Crippen LogP contribution is -2.51. The lowest BCUT2D eigenvalue weighted by Gasteiger charge is -2.38. The van der Waals surface area contributed by atoms with E-state index in [4.69, 9.17) is 0 Å². The second kappa shape index (κ2) is 6.38. The average molecular weight is 378 g/mol. The summed E-state index contributed by atoms with van der Waals surface area (Å²) in [7, 11) is -3.57. The van der Waals surface area contributed by atoms with E-state index in [2.05, 4.69) is 32.6 Å². The molecule has 0 saturated heterocycles. The van der Waals surface area contributed by atoms with Gasteiger partial charge in [0.1, 0.15) is 5.82 Å². The molecule has 0 radical (unpaired) electrons. The van der Waals surface area contributed by atoms with Crippen LogP contribution in [0.3, 0.4) is 0 Å². The molecule has 0 spiro atoms. The van der Waals surface area contributed by atoms with Crippen molar-refractivity contribution in [2.75, 3.05) is 5.33 Å². The summed E-state index contributed by atoms with van der Waals surface area (Å²) in [5.41, 5.74) is -0.380. The molecule has 0 amide bonds. The molecule has 1 aromatic rings. The Morgan fingerprint density at radius 3 is 2.57 bits per heavy atom. The van der Waals surface area contributed by atoms with Crippen LogP contribution < -0.4 is 4.72 Å². The molecule has 21 heavy (non-hydrogen) atoms. The number of alkyl halides is 1. The maximum atomic E-state index is 12.6. The van der Waals surface area contributed by atoms with Crippen molar-refractivity contribution in [3.8, 4) is 0 Å². The number of nitrogens with one attached hydrogen (secondary N) is 1. The van der Waals surface area contributed by atoms with Gasteiger partial charge in [0, 0.05) is 23.6 Å². The van der Waals surface area contributed by atoms with Crippen LogP contribution in [0.5, 0.6) is 0 Å². The number of nitrogens with zero attached hydrogens (tertiary/aromatic N) is 2. The fraction of sp³-hybridized carbons (Fsp3) is 0.786. The van der Waals surface area contributed by atoms with Gasteiger partial charge in [-0.3, -0.25) is 0 Å². The van der Waals surface area contributed by atoms with E-state index in [1.165, 1.54) is 0 Å². The highest BCUT2D eigenvalue weighted by Crippen LogP contribution is 2.34. The summed E-state index contributed by atoms with van der Waals surface area (Å²) in [6, 6.07) is 0. The van der Waals surface area contributed by atoms with Gasteiger partial charge in [-0.2, -0.15) is 0 Å². The Morgan fingerprint density at radius 1 is 1.48 bits per heavy atom. The van der Waals surface area contributed by atoms with Crippen LogP contribution in [0.15, 0.2) is 11.2 Å². The third-order valence-corrected chi connectivity index (χ3v) is 6.93.